The average Bonchev–Trinajstić information content (AvgIpc) is 3.38. The van der Waals surface area contributed by atoms with Crippen molar-refractivity contribution in [1.82, 2.24) is 10.3 Å². The van der Waals surface area contributed by atoms with E-state index in [1.165, 1.54) is 25.7 Å². The molecule has 0 spiro atoms. The van der Waals surface area contributed by atoms with Gasteiger partial charge in [0.15, 0.2) is 0 Å². The molecule has 31 heavy (non-hydrogen) atoms. The number of aromatic nitrogens is 1. The van der Waals surface area contributed by atoms with Crippen LogP contribution >= 0.6 is 24.8 Å². The van der Waals surface area contributed by atoms with Gasteiger partial charge in [0.25, 0.3) is 5.91 Å². The molecule has 8 heteroatoms. The molecule has 3 aliphatic rings. The summed E-state index contributed by atoms with van der Waals surface area (Å²) in [5.41, 5.74) is 3.41. The van der Waals surface area contributed by atoms with Crippen LogP contribution in [0.4, 0.5) is 11.4 Å². The van der Waals surface area contributed by atoms with E-state index in [0.29, 0.717) is 24.1 Å². The van der Waals surface area contributed by atoms with E-state index in [9.17, 15) is 9.59 Å². The standard InChI is InChI=1S/C23H26N4O2.2ClH/c28-22(20-13-15-4-1-2-6-19(15)26-20)25-18-7-8-21-16(12-18)9-11-27(21)23(29)17-5-3-10-24-14-17;;/h3,5,7-8,10,12,14-15,19-20,26H,1-2,4,6,9,11,13H2,(H,25,28);2*1H. The fraction of sp³-hybridized carbons (Fsp3) is 0.435. The molecule has 1 aromatic heterocycles. The maximum Gasteiger partial charge on any atom is 0.259 e. The number of amides is 2. The first-order chi connectivity index (χ1) is 14.2. The summed E-state index contributed by atoms with van der Waals surface area (Å²) in [4.78, 5) is 31.4. The lowest BCUT2D eigenvalue weighted by Crippen LogP contribution is -2.39. The SMILES string of the molecule is Cl.Cl.O=C(Nc1ccc2c(c1)CCN2C(=O)c1cccnc1)C1CC2CCCCC2N1. The lowest BCUT2D eigenvalue weighted by Gasteiger charge is -2.24. The van der Waals surface area contributed by atoms with E-state index >= 15 is 0 Å². The van der Waals surface area contributed by atoms with E-state index in [1.54, 1.807) is 29.4 Å². The number of halogens is 2. The Labute approximate surface area is 195 Å². The second kappa shape index (κ2) is 9.98. The summed E-state index contributed by atoms with van der Waals surface area (Å²) in [6.45, 7) is 0.647. The van der Waals surface area contributed by atoms with Crippen LogP contribution in [0.2, 0.25) is 0 Å². The molecule has 166 valence electrons. The molecule has 0 radical (unpaired) electrons. The van der Waals surface area contributed by atoms with E-state index < -0.39 is 0 Å². The van der Waals surface area contributed by atoms with Crippen LogP contribution in [0.1, 0.15) is 48.0 Å². The molecule has 1 aliphatic carbocycles. The minimum absolute atomic E-state index is 0. The fourth-order valence-corrected chi connectivity index (χ4v) is 5.09. The van der Waals surface area contributed by atoms with Crippen molar-refractivity contribution < 1.29 is 9.59 Å². The maximum absolute atomic E-state index is 12.8. The lowest BCUT2D eigenvalue weighted by molar-refractivity contribution is -0.117. The Balaban J connectivity index is 0.00000136. The first-order valence-corrected chi connectivity index (χ1v) is 10.6. The molecular formula is C23H28Cl2N4O2. The number of nitrogens with zero attached hydrogens (tertiary/aromatic N) is 2. The Morgan fingerprint density at radius 2 is 1.97 bits per heavy atom. The van der Waals surface area contributed by atoms with Crippen molar-refractivity contribution in [2.75, 3.05) is 16.8 Å². The minimum atomic E-state index is -0.0972. The molecule has 0 bridgehead atoms. The van der Waals surface area contributed by atoms with Crippen LogP contribution in [-0.2, 0) is 11.2 Å². The van der Waals surface area contributed by atoms with E-state index in [1.807, 2.05) is 18.2 Å². The smallest absolute Gasteiger partial charge is 0.259 e. The number of nitrogens with one attached hydrogen (secondary N) is 2. The number of hydrogen-bond donors (Lipinski definition) is 2. The minimum Gasteiger partial charge on any atom is -0.325 e. The van der Waals surface area contributed by atoms with Crippen LogP contribution in [0, 0.1) is 5.92 Å². The van der Waals surface area contributed by atoms with Gasteiger partial charge in [-0.05, 0) is 67.5 Å². The van der Waals surface area contributed by atoms with Gasteiger partial charge in [0.2, 0.25) is 5.91 Å². The summed E-state index contributed by atoms with van der Waals surface area (Å²) in [5, 5.41) is 6.62. The van der Waals surface area contributed by atoms with Crippen LogP contribution in [0.15, 0.2) is 42.7 Å². The topological polar surface area (TPSA) is 74.3 Å². The van der Waals surface area contributed by atoms with E-state index in [-0.39, 0.29) is 42.7 Å². The third kappa shape index (κ3) is 4.71. The normalized spacial score (nSPS) is 23.7. The summed E-state index contributed by atoms with van der Waals surface area (Å²) in [6, 6.07) is 9.81. The van der Waals surface area contributed by atoms with Crippen molar-refractivity contribution in [1.29, 1.82) is 0 Å². The zero-order valence-electron chi connectivity index (χ0n) is 17.3. The Morgan fingerprint density at radius 1 is 1.13 bits per heavy atom. The molecule has 3 atom stereocenters. The van der Waals surface area contributed by atoms with Gasteiger partial charge in [0, 0.05) is 36.4 Å². The van der Waals surface area contributed by atoms with Gasteiger partial charge in [0.1, 0.15) is 0 Å². The molecule has 2 aliphatic heterocycles. The van der Waals surface area contributed by atoms with Crippen molar-refractivity contribution in [3.63, 3.8) is 0 Å². The average molecular weight is 463 g/mol. The molecule has 5 rings (SSSR count). The number of pyridine rings is 1. The lowest BCUT2D eigenvalue weighted by atomic mass is 9.85. The Morgan fingerprint density at radius 3 is 2.74 bits per heavy atom. The van der Waals surface area contributed by atoms with Crippen molar-refractivity contribution in [3.8, 4) is 0 Å². The molecular weight excluding hydrogens is 435 g/mol. The van der Waals surface area contributed by atoms with E-state index in [2.05, 4.69) is 15.6 Å². The number of carbonyl (C=O) groups excluding carboxylic acids is 2. The highest BCUT2D eigenvalue weighted by Crippen LogP contribution is 2.34. The molecule has 2 N–H and O–H groups in total. The van der Waals surface area contributed by atoms with Crippen molar-refractivity contribution in [2.24, 2.45) is 5.92 Å². The number of benzene rings is 1. The van der Waals surface area contributed by atoms with Gasteiger partial charge < -0.3 is 15.5 Å². The Kier molecular flexibility index (Phi) is 7.57. The predicted octanol–water partition coefficient (Wildman–Crippen LogP) is 3.99. The predicted molar refractivity (Wildman–Crippen MR) is 126 cm³/mol. The Bertz CT molecular complexity index is 926. The summed E-state index contributed by atoms with van der Waals surface area (Å²) < 4.78 is 0. The van der Waals surface area contributed by atoms with E-state index in [4.69, 9.17) is 0 Å². The van der Waals surface area contributed by atoms with Crippen LogP contribution in [0.25, 0.3) is 0 Å². The zero-order valence-corrected chi connectivity index (χ0v) is 18.9. The quantitative estimate of drug-likeness (QED) is 0.722. The number of rotatable bonds is 3. The fourth-order valence-electron chi connectivity index (χ4n) is 5.09. The summed E-state index contributed by atoms with van der Waals surface area (Å²) in [7, 11) is 0. The third-order valence-electron chi connectivity index (χ3n) is 6.58. The van der Waals surface area contributed by atoms with Gasteiger partial charge in [0.05, 0.1) is 11.6 Å². The van der Waals surface area contributed by atoms with E-state index in [0.717, 1.165) is 29.8 Å². The molecule has 2 amide bonds. The summed E-state index contributed by atoms with van der Waals surface area (Å²) >= 11 is 0. The zero-order chi connectivity index (χ0) is 19.8. The second-order valence-electron chi connectivity index (χ2n) is 8.39. The van der Waals surface area contributed by atoms with Crippen LogP contribution in [0.3, 0.4) is 0 Å². The van der Waals surface area contributed by atoms with Gasteiger partial charge in [-0.1, -0.05) is 12.8 Å². The molecule has 3 unspecified atom stereocenters. The molecule has 1 saturated heterocycles. The van der Waals surface area contributed by atoms with Gasteiger partial charge >= 0.3 is 0 Å². The number of carbonyl (C=O) groups is 2. The van der Waals surface area contributed by atoms with Gasteiger partial charge in [-0.15, -0.1) is 24.8 Å². The number of fused-ring (bicyclic) bond motifs is 2. The molecule has 2 fully saturated rings. The first-order valence-electron chi connectivity index (χ1n) is 10.6. The highest BCUT2D eigenvalue weighted by Gasteiger charge is 2.38. The van der Waals surface area contributed by atoms with Crippen molar-refractivity contribution in [2.45, 2.75) is 50.6 Å². The maximum atomic E-state index is 12.8. The molecule has 2 aromatic rings. The number of hydrogen-bond acceptors (Lipinski definition) is 4. The Hall–Kier alpha value is -2.15. The van der Waals surface area contributed by atoms with Gasteiger partial charge in [-0.25, -0.2) is 0 Å². The molecule has 1 saturated carbocycles. The monoisotopic (exact) mass is 462 g/mol. The van der Waals surface area contributed by atoms with Crippen LogP contribution in [-0.4, -0.2) is 35.4 Å². The summed E-state index contributed by atoms with van der Waals surface area (Å²) in [5.74, 6) is 0.665. The van der Waals surface area contributed by atoms with Crippen molar-refractivity contribution >= 4 is 48.0 Å². The van der Waals surface area contributed by atoms with Gasteiger partial charge in [-0.3, -0.25) is 14.6 Å². The highest BCUT2D eigenvalue weighted by atomic mass is 35.5. The largest absolute Gasteiger partial charge is 0.325 e. The highest BCUT2D eigenvalue weighted by molar-refractivity contribution is 6.07. The van der Waals surface area contributed by atoms with Crippen molar-refractivity contribution in [3.05, 3.63) is 53.9 Å². The molecule has 6 nitrogen and oxygen atoms in total. The number of anilines is 2. The second-order valence-corrected chi connectivity index (χ2v) is 8.39. The van der Waals surface area contributed by atoms with Crippen LogP contribution < -0.4 is 15.5 Å². The molecule has 1 aromatic carbocycles. The third-order valence-corrected chi connectivity index (χ3v) is 6.58. The molecule has 3 heterocycles. The van der Waals surface area contributed by atoms with Crippen LogP contribution in [0.5, 0.6) is 0 Å². The first kappa shape index (κ1) is 23.5. The van der Waals surface area contributed by atoms with Gasteiger partial charge in [-0.2, -0.15) is 0 Å². The summed E-state index contributed by atoms with van der Waals surface area (Å²) in [6.07, 6.45) is 9.97.